The summed E-state index contributed by atoms with van der Waals surface area (Å²) < 4.78 is 9.16. The zero-order chi connectivity index (χ0) is 11.1. The van der Waals surface area contributed by atoms with Gasteiger partial charge in [-0.05, 0) is 12.8 Å². The Morgan fingerprint density at radius 2 is 1.73 bits per heavy atom. The summed E-state index contributed by atoms with van der Waals surface area (Å²) in [6, 6.07) is 0. The van der Waals surface area contributed by atoms with Gasteiger partial charge in [0.15, 0.2) is 12.2 Å². The first-order chi connectivity index (χ1) is 6.56. The summed E-state index contributed by atoms with van der Waals surface area (Å²) in [5.74, 6) is -1.39. The highest BCUT2D eigenvalue weighted by molar-refractivity contribution is 5.81. The Kier molecular flexibility index (Phi) is 8.96. The van der Waals surface area contributed by atoms with Gasteiger partial charge in [-0.15, -0.1) is 0 Å². The SMILES string of the molecule is C.CCC(O)C(=O)OC(CC)C(=O)OC. The summed E-state index contributed by atoms with van der Waals surface area (Å²) in [7, 11) is 1.22. The maximum absolute atomic E-state index is 11.1. The largest absolute Gasteiger partial charge is 0.466 e. The molecule has 0 aliphatic heterocycles. The van der Waals surface area contributed by atoms with Gasteiger partial charge in [0.1, 0.15) is 0 Å². The summed E-state index contributed by atoms with van der Waals surface area (Å²) in [4.78, 5) is 22.1. The Hall–Kier alpha value is -1.10. The van der Waals surface area contributed by atoms with Crippen LogP contribution in [-0.2, 0) is 19.1 Å². The number of ether oxygens (including phenoxy) is 2. The Labute approximate surface area is 90.4 Å². The van der Waals surface area contributed by atoms with E-state index in [-0.39, 0.29) is 13.8 Å². The number of hydrogen-bond donors (Lipinski definition) is 1. The molecule has 0 heterocycles. The third-order valence-electron chi connectivity index (χ3n) is 1.75. The predicted molar refractivity (Wildman–Crippen MR) is 55.2 cm³/mol. The van der Waals surface area contributed by atoms with Gasteiger partial charge in [0.25, 0.3) is 0 Å². The lowest BCUT2D eigenvalue weighted by molar-refractivity contribution is -0.171. The molecule has 15 heavy (non-hydrogen) atoms. The highest BCUT2D eigenvalue weighted by Gasteiger charge is 2.24. The first kappa shape index (κ1) is 16.3. The fraction of sp³-hybridized carbons (Fsp3) is 0.800. The highest BCUT2D eigenvalue weighted by Crippen LogP contribution is 2.04. The second-order valence-electron chi connectivity index (χ2n) is 2.78. The zero-order valence-electron chi connectivity index (χ0n) is 8.65. The van der Waals surface area contributed by atoms with Gasteiger partial charge in [0, 0.05) is 0 Å². The molecule has 0 aliphatic carbocycles. The first-order valence-electron chi connectivity index (χ1n) is 4.53. The van der Waals surface area contributed by atoms with E-state index in [2.05, 4.69) is 4.74 Å². The minimum atomic E-state index is -1.17. The van der Waals surface area contributed by atoms with Gasteiger partial charge in [-0.25, -0.2) is 9.59 Å². The van der Waals surface area contributed by atoms with Gasteiger partial charge in [0.2, 0.25) is 0 Å². The third kappa shape index (κ3) is 5.37. The topological polar surface area (TPSA) is 72.8 Å². The van der Waals surface area contributed by atoms with Crippen molar-refractivity contribution in [2.45, 2.75) is 46.3 Å². The number of hydrogen-bond acceptors (Lipinski definition) is 5. The van der Waals surface area contributed by atoms with Crippen molar-refractivity contribution in [3.05, 3.63) is 0 Å². The quantitative estimate of drug-likeness (QED) is 0.696. The first-order valence-corrected chi connectivity index (χ1v) is 4.53. The number of aliphatic hydroxyl groups is 1. The van der Waals surface area contributed by atoms with Gasteiger partial charge in [-0.1, -0.05) is 21.3 Å². The summed E-state index contributed by atoms with van der Waals surface area (Å²) >= 11 is 0. The molecule has 90 valence electrons. The van der Waals surface area contributed by atoms with E-state index in [1.807, 2.05) is 0 Å². The molecule has 0 fully saturated rings. The predicted octanol–water partition coefficient (Wildman–Crippen LogP) is 0.888. The molecule has 0 aliphatic rings. The van der Waals surface area contributed by atoms with Crippen LogP contribution in [0.25, 0.3) is 0 Å². The van der Waals surface area contributed by atoms with Gasteiger partial charge >= 0.3 is 11.9 Å². The van der Waals surface area contributed by atoms with E-state index >= 15 is 0 Å². The average Bonchev–Trinajstić information content (AvgIpc) is 2.22. The molecule has 0 aromatic rings. The molecule has 0 aromatic carbocycles. The zero-order valence-corrected chi connectivity index (χ0v) is 8.65. The smallest absolute Gasteiger partial charge is 0.347 e. The summed E-state index contributed by atoms with van der Waals surface area (Å²) in [5, 5.41) is 9.10. The van der Waals surface area contributed by atoms with Crippen molar-refractivity contribution in [3.8, 4) is 0 Å². The number of methoxy groups -OCH3 is 1. The number of esters is 2. The number of rotatable bonds is 5. The van der Waals surface area contributed by atoms with Crippen LogP contribution in [-0.4, -0.2) is 36.4 Å². The second-order valence-corrected chi connectivity index (χ2v) is 2.78. The average molecular weight is 220 g/mol. The lowest BCUT2D eigenvalue weighted by Crippen LogP contribution is -2.32. The maximum Gasteiger partial charge on any atom is 0.347 e. The molecule has 0 saturated heterocycles. The van der Waals surface area contributed by atoms with Crippen LogP contribution in [0.1, 0.15) is 34.1 Å². The molecule has 5 heteroatoms. The summed E-state index contributed by atoms with van der Waals surface area (Å²) in [6.07, 6.45) is -1.51. The maximum atomic E-state index is 11.1. The monoisotopic (exact) mass is 220 g/mol. The van der Waals surface area contributed by atoms with Crippen LogP contribution < -0.4 is 0 Å². The second kappa shape index (κ2) is 8.23. The van der Waals surface area contributed by atoms with Crippen LogP contribution in [0, 0.1) is 0 Å². The standard InChI is InChI=1S/C9H16O5.CH4/c1-4-6(10)8(11)14-7(5-2)9(12)13-3;/h6-7,10H,4-5H2,1-3H3;1H4. The molecule has 2 unspecified atom stereocenters. The highest BCUT2D eigenvalue weighted by atomic mass is 16.6. The molecule has 0 aromatic heterocycles. The van der Waals surface area contributed by atoms with E-state index in [1.54, 1.807) is 13.8 Å². The Balaban J connectivity index is 0. The van der Waals surface area contributed by atoms with Gasteiger partial charge in [0.05, 0.1) is 7.11 Å². The summed E-state index contributed by atoms with van der Waals surface area (Å²) in [5.41, 5.74) is 0. The van der Waals surface area contributed by atoms with Crippen LogP contribution >= 0.6 is 0 Å². The number of carbonyl (C=O) groups is 2. The van der Waals surface area contributed by atoms with Crippen LogP contribution in [0.5, 0.6) is 0 Å². The molecule has 0 spiro atoms. The van der Waals surface area contributed by atoms with E-state index in [1.165, 1.54) is 7.11 Å². The lowest BCUT2D eigenvalue weighted by Gasteiger charge is -2.15. The Morgan fingerprint density at radius 3 is 2.07 bits per heavy atom. The van der Waals surface area contributed by atoms with Crippen LogP contribution in [0.3, 0.4) is 0 Å². The molecule has 5 nitrogen and oxygen atoms in total. The number of carbonyl (C=O) groups excluding carboxylic acids is 2. The van der Waals surface area contributed by atoms with Crippen molar-refractivity contribution >= 4 is 11.9 Å². The van der Waals surface area contributed by atoms with Crippen molar-refractivity contribution in [2.24, 2.45) is 0 Å². The lowest BCUT2D eigenvalue weighted by atomic mass is 10.2. The fourth-order valence-electron chi connectivity index (χ4n) is 0.815. The number of aliphatic hydroxyl groups excluding tert-OH is 1. The molecule has 0 saturated carbocycles. The molecular formula is C10H20O5. The van der Waals surface area contributed by atoms with Crippen LogP contribution in [0.2, 0.25) is 0 Å². The van der Waals surface area contributed by atoms with E-state index < -0.39 is 24.1 Å². The van der Waals surface area contributed by atoms with E-state index in [9.17, 15) is 9.59 Å². The van der Waals surface area contributed by atoms with Crippen LogP contribution in [0.15, 0.2) is 0 Å². The van der Waals surface area contributed by atoms with E-state index in [0.717, 1.165) is 0 Å². The third-order valence-corrected chi connectivity index (χ3v) is 1.75. The normalized spacial score (nSPS) is 13.3. The molecular weight excluding hydrogens is 200 g/mol. The molecule has 0 rings (SSSR count). The van der Waals surface area contributed by atoms with Gasteiger partial charge in [-0.3, -0.25) is 0 Å². The minimum Gasteiger partial charge on any atom is -0.466 e. The Bertz CT molecular complexity index is 202. The van der Waals surface area contributed by atoms with E-state index in [0.29, 0.717) is 6.42 Å². The van der Waals surface area contributed by atoms with E-state index in [4.69, 9.17) is 9.84 Å². The summed E-state index contributed by atoms with van der Waals surface area (Å²) in [6.45, 7) is 3.33. The Morgan fingerprint density at radius 1 is 1.20 bits per heavy atom. The molecule has 0 radical (unpaired) electrons. The van der Waals surface area contributed by atoms with Crippen molar-refractivity contribution in [1.29, 1.82) is 0 Å². The molecule has 1 N–H and O–H groups in total. The van der Waals surface area contributed by atoms with Crippen LogP contribution in [0.4, 0.5) is 0 Å². The fourth-order valence-corrected chi connectivity index (χ4v) is 0.815. The van der Waals surface area contributed by atoms with Crippen molar-refractivity contribution < 1.29 is 24.2 Å². The molecule has 0 amide bonds. The van der Waals surface area contributed by atoms with Crippen molar-refractivity contribution in [1.82, 2.24) is 0 Å². The van der Waals surface area contributed by atoms with Crippen molar-refractivity contribution in [2.75, 3.05) is 7.11 Å². The minimum absolute atomic E-state index is 0. The van der Waals surface area contributed by atoms with Gasteiger partial charge in [-0.2, -0.15) is 0 Å². The molecule has 0 bridgehead atoms. The van der Waals surface area contributed by atoms with Crippen molar-refractivity contribution in [3.63, 3.8) is 0 Å². The van der Waals surface area contributed by atoms with Gasteiger partial charge < -0.3 is 14.6 Å². The molecule has 2 atom stereocenters.